The number of amides is 1. The van der Waals surface area contributed by atoms with Crippen molar-refractivity contribution in [3.63, 3.8) is 0 Å². The van der Waals surface area contributed by atoms with E-state index in [9.17, 15) is 9.59 Å². The van der Waals surface area contributed by atoms with Gasteiger partial charge in [0.05, 0.1) is 5.92 Å². The Balaban J connectivity index is 1.63. The van der Waals surface area contributed by atoms with E-state index in [-0.39, 0.29) is 23.7 Å². The average Bonchev–Trinajstić information content (AvgIpc) is 3.48. The lowest BCUT2D eigenvalue weighted by molar-refractivity contribution is -0.127. The van der Waals surface area contributed by atoms with Crippen LogP contribution in [0.3, 0.4) is 0 Å². The number of aromatic nitrogens is 1. The molecule has 1 amide bonds. The van der Waals surface area contributed by atoms with Crippen LogP contribution in [0.1, 0.15) is 33.0 Å². The number of hydrogen-bond donors (Lipinski definition) is 1. The number of benzene rings is 2. The number of Topliss-reactive ketones (excluding diaryl/α,β-unsaturated/α-hetero) is 1. The Hall–Kier alpha value is -2.67. The van der Waals surface area contributed by atoms with Crippen LogP contribution in [-0.4, -0.2) is 39.2 Å². The number of carbonyl (C=O) groups is 2. The molecule has 33 heavy (non-hydrogen) atoms. The molecule has 3 aliphatic rings. The third-order valence-corrected chi connectivity index (χ3v) is 8.55. The zero-order valence-corrected chi connectivity index (χ0v) is 19.6. The van der Waals surface area contributed by atoms with Crippen molar-refractivity contribution in [2.45, 2.75) is 24.4 Å². The van der Waals surface area contributed by atoms with Crippen molar-refractivity contribution in [1.82, 2.24) is 9.88 Å². The third kappa shape index (κ3) is 2.94. The molecule has 3 aliphatic heterocycles. The Morgan fingerprint density at radius 3 is 2.79 bits per heavy atom. The Morgan fingerprint density at radius 1 is 1.21 bits per heavy atom. The summed E-state index contributed by atoms with van der Waals surface area (Å²) in [4.78, 5) is 34.7. The SMILES string of the molecule is Cc1ccc2c(c1)[C@]1(C(=O)N2)[C@H](C(=O)c2cccnc2)[C@@H](c2ccc(Cl)cc2)[C@H]2CSCN21. The molecule has 0 unspecified atom stereocenters. The number of carbonyl (C=O) groups excluding carboxylic acids is 2. The molecule has 4 atom stereocenters. The number of aryl methyl sites for hydroxylation is 1. The lowest BCUT2D eigenvalue weighted by Crippen LogP contribution is -2.52. The highest BCUT2D eigenvalue weighted by Crippen LogP contribution is 2.61. The predicted molar refractivity (Wildman–Crippen MR) is 131 cm³/mol. The first-order valence-corrected chi connectivity index (χ1v) is 12.5. The van der Waals surface area contributed by atoms with E-state index < -0.39 is 11.5 Å². The van der Waals surface area contributed by atoms with Crippen molar-refractivity contribution in [1.29, 1.82) is 0 Å². The minimum atomic E-state index is -1.06. The number of nitrogens with zero attached hydrogens (tertiary/aromatic N) is 2. The van der Waals surface area contributed by atoms with E-state index in [1.807, 2.05) is 55.1 Å². The molecule has 1 aromatic heterocycles. The molecule has 0 bridgehead atoms. The van der Waals surface area contributed by atoms with E-state index in [2.05, 4.69) is 21.3 Å². The van der Waals surface area contributed by atoms with Gasteiger partial charge in [0.25, 0.3) is 0 Å². The second kappa shape index (κ2) is 7.69. The second-order valence-electron chi connectivity index (χ2n) is 8.97. The van der Waals surface area contributed by atoms with Crippen molar-refractivity contribution in [2.75, 3.05) is 16.9 Å². The third-order valence-electron chi connectivity index (χ3n) is 7.26. The van der Waals surface area contributed by atoms with Crippen molar-refractivity contribution in [2.24, 2.45) is 5.92 Å². The number of nitrogens with one attached hydrogen (secondary N) is 1. The molecule has 0 radical (unpaired) electrons. The summed E-state index contributed by atoms with van der Waals surface area (Å²) in [5.41, 5.74) is 3.26. The number of rotatable bonds is 3. The van der Waals surface area contributed by atoms with Crippen LogP contribution in [0.5, 0.6) is 0 Å². The Kier molecular flexibility index (Phi) is 4.87. The summed E-state index contributed by atoms with van der Waals surface area (Å²) >= 11 is 8.01. The fraction of sp³-hybridized carbons (Fsp3) is 0.269. The normalized spacial score (nSPS) is 28.1. The first-order valence-electron chi connectivity index (χ1n) is 11.0. The zero-order chi connectivity index (χ0) is 22.7. The van der Waals surface area contributed by atoms with Gasteiger partial charge in [-0.05, 0) is 42.8 Å². The van der Waals surface area contributed by atoms with Gasteiger partial charge in [0.1, 0.15) is 5.54 Å². The molecule has 1 spiro atoms. The molecule has 0 aliphatic carbocycles. The van der Waals surface area contributed by atoms with Crippen LogP contribution < -0.4 is 5.32 Å². The highest BCUT2D eigenvalue weighted by molar-refractivity contribution is 7.99. The van der Waals surface area contributed by atoms with Crippen LogP contribution in [0.2, 0.25) is 5.02 Å². The summed E-state index contributed by atoms with van der Waals surface area (Å²) in [5.74, 6) is 0.660. The van der Waals surface area contributed by atoms with Crippen LogP contribution in [0.15, 0.2) is 67.0 Å². The van der Waals surface area contributed by atoms with Crippen molar-refractivity contribution in [3.8, 4) is 0 Å². The number of pyridine rings is 1. The molecule has 1 N–H and O–H groups in total. The number of halogens is 1. The van der Waals surface area contributed by atoms with Gasteiger partial charge in [-0.15, -0.1) is 11.8 Å². The Labute approximate surface area is 201 Å². The summed E-state index contributed by atoms with van der Waals surface area (Å²) in [5, 5.41) is 3.76. The minimum absolute atomic E-state index is 0.0491. The van der Waals surface area contributed by atoms with Crippen LogP contribution in [0.25, 0.3) is 0 Å². The van der Waals surface area contributed by atoms with Crippen molar-refractivity contribution >= 4 is 40.7 Å². The maximum absolute atomic E-state index is 14.3. The number of ketones is 1. The van der Waals surface area contributed by atoms with Crippen LogP contribution in [0, 0.1) is 12.8 Å². The summed E-state index contributed by atoms with van der Waals surface area (Å²) in [6.07, 6.45) is 3.27. The molecular formula is C26H22ClN3O2S. The van der Waals surface area contributed by atoms with Crippen molar-refractivity contribution < 1.29 is 9.59 Å². The fourth-order valence-corrected chi connectivity index (χ4v) is 7.39. The fourth-order valence-electron chi connectivity index (χ4n) is 5.94. The van der Waals surface area contributed by atoms with Gasteiger partial charge < -0.3 is 5.32 Å². The van der Waals surface area contributed by atoms with Crippen LogP contribution in [-0.2, 0) is 10.3 Å². The summed E-state index contributed by atoms with van der Waals surface area (Å²) in [6.45, 7) is 2.02. The Bertz CT molecular complexity index is 1270. The van der Waals surface area contributed by atoms with Gasteiger partial charge in [0.2, 0.25) is 5.91 Å². The lowest BCUT2D eigenvalue weighted by atomic mass is 9.69. The first-order chi connectivity index (χ1) is 16.0. The quantitative estimate of drug-likeness (QED) is 0.548. The van der Waals surface area contributed by atoms with E-state index in [0.29, 0.717) is 16.5 Å². The lowest BCUT2D eigenvalue weighted by Gasteiger charge is -2.36. The molecule has 5 nitrogen and oxygen atoms in total. The van der Waals surface area contributed by atoms with Gasteiger partial charge in [-0.2, -0.15) is 0 Å². The van der Waals surface area contributed by atoms with E-state index in [0.717, 1.165) is 28.1 Å². The van der Waals surface area contributed by atoms with Crippen LogP contribution >= 0.6 is 23.4 Å². The molecule has 3 aromatic rings. The Morgan fingerprint density at radius 2 is 2.03 bits per heavy atom. The van der Waals surface area contributed by atoms with E-state index >= 15 is 0 Å². The van der Waals surface area contributed by atoms with Gasteiger partial charge in [-0.25, -0.2) is 0 Å². The standard InChI is InChI=1S/C26H22ClN3O2S/c1-15-4-9-20-19(11-15)26(25(32)29-20)23(24(31)17-3-2-10-28-12-17)22(21-13-33-14-30(21)26)16-5-7-18(27)8-6-16/h2-12,21-23H,13-14H2,1H3,(H,29,32)/t21-,22+,23+,26-/m1/s1. The summed E-state index contributed by atoms with van der Waals surface area (Å²) in [6, 6.07) is 17.4. The van der Waals surface area contributed by atoms with Gasteiger partial charge in [0, 0.05) is 57.8 Å². The zero-order valence-electron chi connectivity index (χ0n) is 18.0. The van der Waals surface area contributed by atoms with Gasteiger partial charge >= 0.3 is 0 Å². The molecule has 2 saturated heterocycles. The highest BCUT2D eigenvalue weighted by Gasteiger charge is 2.69. The highest BCUT2D eigenvalue weighted by atomic mass is 35.5. The predicted octanol–water partition coefficient (Wildman–Crippen LogP) is 4.86. The molecule has 6 rings (SSSR count). The van der Waals surface area contributed by atoms with Gasteiger partial charge in [0.15, 0.2) is 5.78 Å². The molecule has 2 aromatic carbocycles. The molecule has 4 heterocycles. The van der Waals surface area contributed by atoms with E-state index in [1.165, 1.54) is 0 Å². The van der Waals surface area contributed by atoms with E-state index in [4.69, 9.17) is 11.6 Å². The van der Waals surface area contributed by atoms with Crippen molar-refractivity contribution in [3.05, 3.63) is 94.3 Å². The topological polar surface area (TPSA) is 62.3 Å². The number of thioether (sulfide) groups is 1. The second-order valence-corrected chi connectivity index (χ2v) is 10.4. The molecule has 0 saturated carbocycles. The first kappa shape index (κ1) is 20.9. The molecular weight excluding hydrogens is 454 g/mol. The number of hydrogen-bond acceptors (Lipinski definition) is 5. The van der Waals surface area contributed by atoms with E-state index in [1.54, 1.807) is 24.5 Å². The minimum Gasteiger partial charge on any atom is -0.324 e. The maximum Gasteiger partial charge on any atom is 0.250 e. The summed E-state index contributed by atoms with van der Waals surface area (Å²) in [7, 11) is 0. The smallest absolute Gasteiger partial charge is 0.250 e. The number of fused-ring (bicyclic) bond motifs is 4. The van der Waals surface area contributed by atoms with Gasteiger partial charge in [-0.1, -0.05) is 41.4 Å². The molecule has 166 valence electrons. The largest absolute Gasteiger partial charge is 0.324 e. The maximum atomic E-state index is 14.3. The average molecular weight is 476 g/mol. The van der Waals surface area contributed by atoms with Gasteiger partial charge in [-0.3, -0.25) is 19.5 Å². The monoisotopic (exact) mass is 475 g/mol. The molecule has 2 fully saturated rings. The summed E-state index contributed by atoms with van der Waals surface area (Å²) < 4.78 is 0. The van der Waals surface area contributed by atoms with Crippen LogP contribution in [0.4, 0.5) is 5.69 Å². The molecule has 7 heteroatoms. The number of anilines is 1.